The molecule has 0 saturated carbocycles. The standard InChI is InChI=1S/C15H26/c1-6-7-10-15(14(3,4)5)11-8-9-13(2)12-15/h8-9,12H,6-7,10-11H2,1-5H3. The van der Waals surface area contributed by atoms with Gasteiger partial charge in [0.05, 0.1) is 0 Å². The van der Waals surface area contributed by atoms with Crippen LogP contribution in [-0.4, -0.2) is 0 Å². The smallest absolute Gasteiger partial charge is 0.00295 e. The first kappa shape index (κ1) is 12.5. The van der Waals surface area contributed by atoms with Crippen LogP contribution >= 0.6 is 0 Å². The molecule has 1 atom stereocenters. The molecule has 1 rings (SSSR count). The van der Waals surface area contributed by atoms with E-state index in [2.05, 4.69) is 52.8 Å². The van der Waals surface area contributed by atoms with Crippen LogP contribution in [0.15, 0.2) is 23.8 Å². The predicted molar refractivity (Wildman–Crippen MR) is 68.9 cm³/mol. The Balaban J connectivity index is 2.93. The van der Waals surface area contributed by atoms with Crippen LogP contribution in [0.5, 0.6) is 0 Å². The average Bonchev–Trinajstić information content (AvgIpc) is 2.13. The normalized spacial score (nSPS) is 26.6. The Bertz CT molecular complexity index is 262. The lowest BCUT2D eigenvalue weighted by Crippen LogP contribution is -2.34. The summed E-state index contributed by atoms with van der Waals surface area (Å²) in [7, 11) is 0. The maximum absolute atomic E-state index is 2.52. The molecule has 1 aliphatic carbocycles. The van der Waals surface area contributed by atoms with E-state index in [0.717, 1.165) is 0 Å². The van der Waals surface area contributed by atoms with E-state index in [1.54, 1.807) is 0 Å². The van der Waals surface area contributed by atoms with E-state index in [9.17, 15) is 0 Å². The van der Waals surface area contributed by atoms with Crippen LogP contribution in [0, 0.1) is 10.8 Å². The lowest BCUT2D eigenvalue weighted by atomic mass is 9.60. The van der Waals surface area contributed by atoms with E-state index < -0.39 is 0 Å². The molecular weight excluding hydrogens is 180 g/mol. The summed E-state index contributed by atoms with van der Waals surface area (Å²) in [5.41, 5.74) is 2.20. The Morgan fingerprint density at radius 3 is 2.47 bits per heavy atom. The van der Waals surface area contributed by atoms with Gasteiger partial charge >= 0.3 is 0 Å². The molecular formula is C15H26. The van der Waals surface area contributed by atoms with Gasteiger partial charge in [-0.3, -0.25) is 0 Å². The van der Waals surface area contributed by atoms with E-state index in [-0.39, 0.29) is 0 Å². The van der Waals surface area contributed by atoms with Gasteiger partial charge < -0.3 is 0 Å². The summed E-state index contributed by atoms with van der Waals surface area (Å²) in [6.45, 7) is 11.6. The predicted octanol–water partition coefficient (Wildman–Crippen LogP) is 5.12. The summed E-state index contributed by atoms with van der Waals surface area (Å²) in [6.07, 6.45) is 12.3. The summed E-state index contributed by atoms with van der Waals surface area (Å²) in [5.74, 6) is 0. The first-order valence-electron chi connectivity index (χ1n) is 6.27. The SMILES string of the molecule is CCCCC1(C(C)(C)C)C=C(C)C=CC1. The van der Waals surface area contributed by atoms with E-state index in [1.807, 2.05) is 0 Å². The highest BCUT2D eigenvalue weighted by Crippen LogP contribution is 2.49. The molecule has 0 aliphatic heterocycles. The van der Waals surface area contributed by atoms with E-state index in [4.69, 9.17) is 0 Å². The van der Waals surface area contributed by atoms with Crippen molar-refractivity contribution in [3.05, 3.63) is 23.8 Å². The Labute approximate surface area is 95.5 Å². The molecule has 1 aliphatic rings. The molecule has 0 spiro atoms. The lowest BCUT2D eigenvalue weighted by molar-refractivity contribution is 0.129. The van der Waals surface area contributed by atoms with Crippen molar-refractivity contribution in [1.82, 2.24) is 0 Å². The maximum Gasteiger partial charge on any atom is -0.00295 e. The Kier molecular flexibility index (Phi) is 3.81. The van der Waals surface area contributed by atoms with Gasteiger partial charge in [0.2, 0.25) is 0 Å². The van der Waals surface area contributed by atoms with Crippen molar-refractivity contribution in [2.75, 3.05) is 0 Å². The van der Waals surface area contributed by atoms with Crippen molar-refractivity contribution in [3.8, 4) is 0 Å². The van der Waals surface area contributed by atoms with Gasteiger partial charge in [-0.1, -0.05) is 64.3 Å². The average molecular weight is 206 g/mol. The minimum absolute atomic E-state index is 0.369. The van der Waals surface area contributed by atoms with Crippen LogP contribution in [0.25, 0.3) is 0 Å². The molecule has 0 amide bonds. The Hall–Kier alpha value is -0.520. The summed E-state index contributed by atoms with van der Waals surface area (Å²) >= 11 is 0. The molecule has 0 heteroatoms. The van der Waals surface area contributed by atoms with Crippen molar-refractivity contribution in [2.24, 2.45) is 10.8 Å². The summed E-state index contributed by atoms with van der Waals surface area (Å²) in [6, 6.07) is 0. The van der Waals surface area contributed by atoms with Crippen LogP contribution in [0.1, 0.15) is 60.3 Å². The summed E-state index contributed by atoms with van der Waals surface area (Å²) in [4.78, 5) is 0. The molecule has 0 N–H and O–H groups in total. The third-order valence-corrected chi connectivity index (χ3v) is 3.84. The van der Waals surface area contributed by atoms with Gasteiger partial charge in [0.1, 0.15) is 0 Å². The van der Waals surface area contributed by atoms with Crippen molar-refractivity contribution < 1.29 is 0 Å². The largest absolute Gasteiger partial charge is 0.0834 e. The maximum atomic E-state index is 2.52. The fraction of sp³-hybridized carbons (Fsp3) is 0.733. The molecule has 0 fully saturated rings. The number of unbranched alkanes of at least 4 members (excludes halogenated alkanes) is 1. The molecule has 0 radical (unpaired) electrons. The first-order valence-corrected chi connectivity index (χ1v) is 6.27. The molecule has 0 saturated heterocycles. The molecule has 0 nitrogen and oxygen atoms in total. The molecule has 0 aromatic heterocycles. The van der Waals surface area contributed by atoms with Crippen LogP contribution in [0.2, 0.25) is 0 Å². The molecule has 0 aromatic rings. The van der Waals surface area contributed by atoms with Gasteiger partial charge in [0.15, 0.2) is 0 Å². The summed E-state index contributed by atoms with van der Waals surface area (Å²) < 4.78 is 0. The number of hydrogen-bond donors (Lipinski definition) is 0. The molecule has 0 aromatic carbocycles. The number of hydrogen-bond acceptors (Lipinski definition) is 0. The van der Waals surface area contributed by atoms with Crippen molar-refractivity contribution in [1.29, 1.82) is 0 Å². The van der Waals surface area contributed by atoms with Gasteiger partial charge in [-0.25, -0.2) is 0 Å². The quantitative estimate of drug-likeness (QED) is 0.601. The zero-order valence-corrected chi connectivity index (χ0v) is 11.1. The van der Waals surface area contributed by atoms with Crippen LogP contribution in [0.3, 0.4) is 0 Å². The van der Waals surface area contributed by atoms with E-state index in [1.165, 1.54) is 31.3 Å². The van der Waals surface area contributed by atoms with Crippen molar-refractivity contribution in [2.45, 2.75) is 60.3 Å². The molecule has 1 unspecified atom stereocenters. The number of allylic oxidation sites excluding steroid dienone is 4. The first-order chi connectivity index (χ1) is 6.91. The van der Waals surface area contributed by atoms with Crippen LogP contribution in [-0.2, 0) is 0 Å². The highest BCUT2D eigenvalue weighted by Gasteiger charge is 2.39. The number of rotatable bonds is 3. The minimum Gasteiger partial charge on any atom is -0.0834 e. The van der Waals surface area contributed by atoms with Gasteiger partial charge in [0, 0.05) is 0 Å². The molecule has 15 heavy (non-hydrogen) atoms. The fourth-order valence-corrected chi connectivity index (χ4v) is 2.56. The van der Waals surface area contributed by atoms with Gasteiger partial charge in [-0.2, -0.15) is 0 Å². The Morgan fingerprint density at radius 2 is 2.00 bits per heavy atom. The lowest BCUT2D eigenvalue weighted by Gasteiger charge is -2.44. The summed E-state index contributed by atoms with van der Waals surface area (Å²) in [5, 5.41) is 0. The van der Waals surface area contributed by atoms with Crippen molar-refractivity contribution >= 4 is 0 Å². The molecule has 0 heterocycles. The zero-order chi connectivity index (χ0) is 11.5. The topological polar surface area (TPSA) is 0 Å². The highest BCUT2D eigenvalue weighted by atomic mass is 14.4. The minimum atomic E-state index is 0.369. The fourth-order valence-electron chi connectivity index (χ4n) is 2.56. The Morgan fingerprint density at radius 1 is 1.33 bits per heavy atom. The van der Waals surface area contributed by atoms with E-state index in [0.29, 0.717) is 10.8 Å². The second kappa shape index (κ2) is 4.55. The monoisotopic (exact) mass is 206 g/mol. The van der Waals surface area contributed by atoms with Crippen LogP contribution < -0.4 is 0 Å². The second-order valence-electron chi connectivity index (χ2n) is 6.00. The third-order valence-electron chi connectivity index (χ3n) is 3.84. The van der Waals surface area contributed by atoms with Crippen molar-refractivity contribution in [3.63, 3.8) is 0 Å². The molecule has 86 valence electrons. The van der Waals surface area contributed by atoms with E-state index >= 15 is 0 Å². The third kappa shape index (κ3) is 2.74. The van der Waals surface area contributed by atoms with Gasteiger partial charge in [-0.05, 0) is 30.6 Å². The van der Waals surface area contributed by atoms with Gasteiger partial charge in [-0.15, -0.1) is 0 Å². The molecule has 0 bridgehead atoms. The van der Waals surface area contributed by atoms with Crippen LogP contribution in [0.4, 0.5) is 0 Å². The van der Waals surface area contributed by atoms with Gasteiger partial charge in [0.25, 0.3) is 0 Å². The highest BCUT2D eigenvalue weighted by molar-refractivity contribution is 5.27. The second-order valence-corrected chi connectivity index (χ2v) is 6.00. The zero-order valence-electron chi connectivity index (χ0n) is 11.1.